The third kappa shape index (κ3) is 66.1. The van der Waals surface area contributed by atoms with Gasteiger partial charge in [0, 0.05) is 18.2 Å². The van der Waals surface area contributed by atoms with Crippen LogP contribution in [-0.2, 0) is 14.4 Å². The summed E-state index contributed by atoms with van der Waals surface area (Å²) in [7, 11) is 0. The van der Waals surface area contributed by atoms with E-state index < -0.39 is 145 Å². The first-order chi connectivity index (χ1) is 25.4. The minimum Gasteiger partial charge on any atom is -0.478 e. The molecule has 0 fully saturated rings. The van der Waals surface area contributed by atoms with E-state index in [1.54, 1.807) is 0 Å². The number of hydrogen-bond donors (Lipinski definition) is 23. The molecule has 26 nitrogen and oxygen atoms in total. The van der Waals surface area contributed by atoms with Crippen LogP contribution in [0.4, 0.5) is 0 Å². The van der Waals surface area contributed by atoms with Crippen molar-refractivity contribution < 1.29 is 132 Å². The van der Waals surface area contributed by atoms with E-state index in [-0.39, 0.29) is 0 Å². The molecule has 0 aliphatic carbocycles. The molecule has 10 atom stereocenters. The number of aliphatic hydroxyl groups is 20. The third-order valence-electron chi connectivity index (χ3n) is 4.62. The Morgan fingerprint density at radius 3 is 0.364 bits per heavy atom. The first-order valence-corrected chi connectivity index (χ1v) is 14.9. The van der Waals surface area contributed by atoms with Gasteiger partial charge in [0.1, 0.15) is 61.0 Å². The van der Waals surface area contributed by atoms with Crippen LogP contribution in [0.2, 0.25) is 0 Å². The summed E-state index contributed by atoms with van der Waals surface area (Å²) in [5, 5.41) is 189. The number of aliphatic carboxylic acids is 3. The van der Waals surface area contributed by atoms with Crippen molar-refractivity contribution in [3.63, 3.8) is 0 Å². The van der Waals surface area contributed by atoms with Crippen LogP contribution in [0.25, 0.3) is 0 Å². The molecule has 0 aromatic heterocycles. The van der Waals surface area contributed by atoms with Crippen LogP contribution < -0.4 is 0 Å². The van der Waals surface area contributed by atoms with Crippen molar-refractivity contribution in [3.05, 3.63) is 38.0 Å². The number of carboxylic acid groups (broad SMARTS) is 3. The molecule has 334 valence electrons. The summed E-state index contributed by atoms with van der Waals surface area (Å²) in [6.45, 7) is 3.62. The van der Waals surface area contributed by atoms with Gasteiger partial charge in [-0.05, 0) is 0 Å². The molecule has 55 heavy (non-hydrogen) atoms. The lowest BCUT2D eigenvalue weighted by molar-refractivity contribution is -0.132. The second-order valence-electron chi connectivity index (χ2n) is 9.13. The van der Waals surface area contributed by atoms with Crippen LogP contribution in [0, 0.1) is 0 Å². The highest BCUT2D eigenvalue weighted by Crippen LogP contribution is 1.91. The molecular weight excluding hydrogens is 764 g/mol. The Hall–Kier alpha value is -3.17. The molecule has 0 saturated carbocycles. The predicted molar refractivity (Wildman–Crippen MR) is 184 cm³/mol. The fourth-order valence-electron chi connectivity index (χ4n) is 1.22. The Kier molecular flexibility index (Phi) is 67.1. The van der Waals surface area contributed by atoms with E-state index in [0.29, 0.717) is 0 Å². The zero-order valence-electron chi connectivity index (χ0n) is 29.7. The molecule has 0 aromatic rings. The van der Waals surface area contributed by atoms with Crippen LogP contribution in [0.1, 0.15) is 0 Å². The maximum Gasteiger partial charge on any atom is 0.327 e. The summed E-state index contributed by atoms with van der Waals surface area (Å²) < 4.78 is 0. The largest absolute Gasteiger partial charge is 0.478 e. The topological polar surface area (TPSA) is 517 Å². The van der Waals surface area contributed by atoms with Crippen molar-refractivity contribution in [2.75, 3.05) is 66.1 Å². The van der Waals surface area contributed by atoms with Crippen molar-refractivity contribution >= 4 is 17.9 Å². The molecule has 0 radical (unpaired) electrons. The molecule has 0 heterocycles. The van der Waals surface area contributed by atoms with Crippen LogP contribution in [-0.4, -0.2) is 262 Å². The van der Waals surface area contributed by atoms with Gasteiger partial charge in [-0.15, -0.1) is 0 Å². The van der Waals surface area contributed by atoms with Gasteiger partial charge in [0.2, 0.25) is 0 Å². The van der Waals surface area contributed by atoms with E-state index in [4.69, 9.17) is 117 Å². The smallest absolute Gasteiger partial charge is 0.327 e. The van der Waals surface area contributed by atoms with E-state index in [2.05, 4.69) is 19.7 Å². The zero-order valence-corrected chi connectivity index (χ0v) is 29.7. The lowest BCUT2D eigenvalue weighted by Crippen LogP contribution is -2.31. The van der Waals surface area contributed by atoms with E-state index in [0.717, 1.165) is 18.2 Å². The van der Waals surface area contributed by atoms with Crippen molar-refractivity contribution in [1.82, 2.24) is 0 Å². The first-order valence-electron chi connectivity index (χ1n) is 14.9. The Labute approximate surface area is 315 Å². The molecule has 0 aliphatic rings. The van der Waals surface area contributed by atoms with Crippen molar-refractivity contribution in [1.29, 1.82) is 0 Å². The Morgan fingerprint density at radius 2 is 0.345 bits per heavy atom. The minimum absolute atomic E-state index is 0.526. The molecule has 0 amide bonds. The molecule has 0 saturated heterocycles. The highest BCUT2D eigenvalue weighted by molar-refractivity contribution is 5.79. The second-order valence-corrected chi connectivity index (χ2v) is 9.13. The lowest BCUT2D eigenvalue weighted by atomic mass is 10.2. The van der Waals surface area contributed by atoms with Gasteiger partial charge >= 0.3 is 17.9 Å². The Bertz CT molecular complexity index is 674. The van der Waals surface area contributed by atoms with Gasteiger partial charge in [-0.1, -0.05) is 19.7 Å². The summed E-state index contributed by atoms with van der Waals surface area (Å²) >= 11 is 0. The molecule has 26 heteroatoms. The molecule has 0 unspecified atom stereocenters. The Balaban J connectivity index is -0.0000000771. The molecule has 0 spiro atoms. The van der Waals surface area contributed by atoms with Crippen molar-refractivity contribution in [2.24, 2.45) is 0 Å². The Morgan fingerprint density at radius 1 is 0.291 bits per heavy atom. The van der Waals surface area contributed by atoms with Gasteiger partial charge in [-0.3, -0.25) is 0 Å². The molecule has 23 N–H and O–H groups in total. The highest BCUT2D eigenvalue weighted by atomic mass is 16.4. The fourth-order valence-corrected chi connectivity index (χ4v) is 1.22. The average molecular weight is 827 g/mol. The predicted octanol–water partition coefficient (Wildman–Crippen LogP) is -10.8. The summed E-state index contributed by atoms with van der Waals surface area (Å²) in [4.78, 5) is 27.8. The number of carbonyl (C=O) groups is 3. The lowest BCUT2D eigenvalue weighted by Gasteiger charge is -2.10. The fraction of sp³-hybridized carbons (Fsp3) is 0.690. The molecular formula is C29H62O26. The minimum atomic E-state index is -1.22. The van der Waals surface area contributed by atoms with Gasteiger partial charge in [0.25, 0.3) is 0 Å². The van der Waals surface area contributed by atoms with Gasteiger partial charge in [-0.25, -0.2) is 14.4 Å². The number of aliphatic hydroxyl groups excluding tert-OH is 20. The zero-order chi connectivity index (χ0) is 45.7. The molecule has 0 aliphatic heterocycles. The van der Waals surface area contributed by atoms with Crippen LogP contribution >= 0.6 is 0 Å². The summed E-state index contributed by atoms with van der Waals surface area (Å²) in [6, 6.07) is 0. The van der Waals surface area contributed by atoms with E-state index in [1.165, 1.54) is 0 Å². The van der Waals surface area contributed by atoms with E-state index in [1.807, 2.05) is 0 Å². The van der Waals surface area contributed by atoms with Crippen LogP contribution in [0.3, 0.4) is 0 Å². The monoisotopic (exact) mass is 826 g/mol. The van der Waals surface area contributed by atoms with Gasteiger partial charge in [-0.2, -0.15) is 0 Å². The quantitative estimate of drug-likeness (QED) is 0.0570. The van der Waals surface area contributed by atoms with Gasteiger partial charge in [0.15, 0.2) is 0 Å². The second kappa shape index (κ2) is 52.9. The average Bonchev–Trinajstić information content (AvgIpc) is 3.21. The van der Waals surface area contributed by atoms with Crippen LogP contribution in [0.15, 0.2) is 38.0 Å². The number of rotatable bonds is 18. The standard InChI is InChI=1S/5C4H10O4.3C3H4O2/c5*5-1-3(7)4(8)2-6;3*1-2-3(4)5/h5*3-8H,1-2H2;3*2H,1H2,(H,4,5)/t5*3-,4+;;;. The number of carboxylic acids is 3. The summed E-state index contributed by atoms with van der Waals surface area (Å²) in [5.41, 5.74) is 0. The maximum absolute atomic E-state index is 9.25. The molecule has 0 bridgehead atoms. The highest BCUT2D eigenvalue weighted by Gasteiger charge is 2.14. The summed E-state index contributed by atoms with van der Waals surface area (Å²) in [5.74, 6) is -2.94. The maximum atomic E-state index is 9.25. The molecule has 0 aromatic carbocycles. The summed E-state index contributed by atoms with van der Waals surface area (Å²) in [6.07, 6.45) is -9.72. The third-order valence-corrected chi connectivity index (χ3v) is 4.62. The van der Waals surface area contributed by atoms with Gasteiger partial charge in [0.05, 0.1) is 66.1 Å². The number of hydrogen-bond acceptors (Lipinski definition) is 23. The SMILES string of the molecule is C=CC(=O)O.C=CC(=O)O.C=CC(=O)O.OC[C@@H](O)[C@@H](O)CO.OC[C@@H](O)[C@@H](O)CO.OC[C@@H](O)[C@@H](O)CO.OC[C@@H](O)[C@@H](O)CO.OC[C@@H](O)[C@@H](O)CO. The van der Waals surface area contributed by atoms with Crippen molar-refractivity contribution in [2.45, 2.75) is 61.0 Å². The van der Waals surface area contributed by atoms with E-state index in [9.17, 15) is 14.4 Å². The first kappa shape index (κ1) is 69.7. The normalized spacial score (nSPS) is 14.8. The van der Waals surface area contributed by atoms with Crippen LogP contribution in [0.5, 0.6) is 0 Å². The van der Waals surface area contributed by atoms with Crippen molar-refractivity contribution in [3.8, 4) is 0 Å². The van der Waals surface area contributed by atoms with E-state index >= 15 is 0 Å². The van der Waals surface area contributed by atoms with Gasteiger partial charge < -0.3 is 117 Å². The molecule has 0 rings (SSSR count).